The average molecular weight is 298 g/mol. The highest BCUT2D eigenvalue weighted by molar-refractivity contribution is 4.99. The minimum Gasteiger partial charge on any atom is -0.329 e. The lowest BCUT2D eigenvalue weighted by molar-refractivity contribution is 0.00527. The maximum atomic E-state index is 6.31. The molecule has 0 saturated heterocycles. The van der Waals surface area contributed by atoms with Crippen molar-refractivity contribution in [2.24, 2.45) is 11.7 Å². The van der Waals surface area contributed by atoms with E-state index in [9.17, 15) is 0 Å². The zero-order valence-electron chi connectivity index (χ0n) is 15.0. The Bertz CT molecular complexity index is 265. The molecule has 3 heteroatoms. The molecule has 2 unspecified atom stereocenters. The van der Waals surface area contributed by atoms with Crippen LogP contribution in [0.2, 0.25) is 0 Å². The summed E-state index contributed by atoms with van der Waals surface area (Å²) in [6.45, 7) is 15.9. The van der Waals surface area contributed by atoms with Gasteiger partial charge in [0.25, 0.3) is 0 Å². The van der Waals surface area contributed by atoms with Gasteiger partial charge in [0.05, 0.1) is 0 Å². The van der Waals surface area contributed by atoms with Gasteiger partial charge in [-0.2, -0.15) is 0 Å². The summed E-state index contributed by atoms with van der Waals surface area (Å²) in [5.74, 6) is 0.796. The van der Waals surface area contributed by atoms with E-state index < -0.39 is 0 Å². The fourth-order valence-electron chi connectivity index (χ4n) is 4.41. The fourth-order valence-corrected chi connectivity index (χ4v) is 4.41. The van der Waals surface area contributed by atoms with Gasteiger partial charge in [-0.25, -0.2) is 0 Å². The summed E-state index contributed by atoms with van der Waals surface area (Å²) in [4.78, 5) is 5.25. The first-order valence-corrected chi connectivity index (χ1v) is 9.35. The minimum absolute atomic E-state index is 0.283. The minimum atomic E-state index is 0.283. The van der Waals surface area contributed by atoms with Crippen LogP contribution in [0.3, 0.4) is 0 Å². The quantitative estimate of drug-likeness (QED) is 0.671. The van der Waals surface area contributed by atoms with Crippen LogP contribution in [-0.2, 0) is 0 Å². The van der Waals surface area contributed by atoms with Crippen molar-refractivity contribution in [2.75, 3.05) is 39.3 Å². The first-order valence-electron chi connectivity index (χ1n) is 9.35. The molecule has 126 valence electrons. The van der Waals surface area contributed by atoms with E-state index in [1.807, 2.05) is 0 Å². The molecule has 3 nitrogen and oxygen atoms in total. The van der Waals surface area contributed by atoms with Crippen molar-refractivity contribution in [1.82, 2.24) is 9.80 Å². The topological polar surface area (TPSA) is 32.5 Å². The third-order valence-electron chi connectivity index (χ3n) is 5.83. The number of nitrogens with zero attached hydrogens (tertiary/aromatic N) is 2. The number of likely N-dealkylation sites (N-methyl/N-ethyl adjacent to an activating group) is 1. The lowest BCUT2D eigenvalue weighted by Crippen LogP contribution is -2.60. The monoisotopic (exact) mass is 297 g/mol. The molecule has 0 heterocycles. The summed E-state index contributed by atoms with van der Waals surface area (Å²) in [5, 5.41) is 0. The molecule has 0 bridgehead atoms. The van der Waals surface area contributed by atoms with Crippen molar-refractivity contribution in [3.8, 4) is 0 Å². The Kier molecular flexibility index (Phi) is 8.84. The van der Waals surface area contributed by atoms with E-state index in [-0.39, 0.29) is 5.54 Å². The zero-order valence-corrected chi connectivity index (χ0v) is 15.0. The van der Waals surface area contributed by atoms with Crippen LogP contribution in [0.15, 0.2) is 0 Å². The van der Waals surface area contributed by atoms with Crippen LogP contribution in [0.25, 0.3) is 0 Å². The highest BCUT2D eigenvalue weighted by Gasteiger charge is 2.42. The summed E-state index contributed by atoms with van der Waals surface area (Å²) in [5.41, 5.74) is 6.60. The van der Waals surface area contributed by atoms with Crippen molar-refractivity contribution < 1.29 is 0 Å². The van der Waals surface area contributed by atoms with Gasteiger partial charge in [0.2, 0.25) is 0 Å². The molecule has 2 N–H and O–H groups in total. The largest absolute Gasteiger partial charge is 0.329 e. The molecule has 0 aliphatic heterocycles. The molecule has 0 aromatic carbocycles. The van der Waals surface area contributed by atoms with Gasteiger partial charge in [-0.15, -0.1) is 0 Å². The van der Waals surface area contributed by atoms with Crippen LogP contribution in [0.1, 0.15) is 66.2 Å². The highest BCUT2D eigenvalue weighted by atomic mass is 15.2. The summed E-state index contributed by atoms with van der Waals surface area (Å²) in [6.07, 6.45) is 8.00. The Morgan fingerprint density at radius 1 is 1.00 bits per heavy atom. The first-order chi connectivity index (χ1) is 10.2. The molecule has 1 aliphatic rings. The molecule has 0 amide bonds. The second-order valence-electron chi connectivity index (χ2n) is 6.62. The summed E-state index contributed by atoms with van der Waals surface area (Å²) in [6, 6.07) is 0. The van der Waals surface area contributed by atoms with E-state index in [0.29, 0.717) is 0 Å². The Hall–Kier alpha value is -0.120. The second kappa shape index (κ2) is 9.81. The average Bonchev–Trinajstić information content (AvgIpc) is 2.55. The van der Waals surface area contributed by atoms with Gasteiger partial charge < -0.3 is 10.6 Å². The second-order valence-corrected chi connectivity index (χ2v) is 6.62. The van der Waals surface area contributed by atoms with Gasteiger partial charge in [0.1, 0.15) is 0 Å². The molecule has 1 saturated carbocycles. The Morgan fingerprint density at radius 2 is 1.71 bits per heavy atom. The molecule has 1 aliphatic carbocycles. The molecule has 2 atom stereocenters. The fraction of sp³-hybridized carbons (Fsp3) is 1.00. The lowest BCUT2D eigenvalue weighted by atomic mass is 9.70. The molecular weight excluding hydrogens is 258 g/mol. The lowest BCUT2D eigenvalue weighted by Gasteiger charge is -2.51. The Balaban J connectivity index is 2.65. The summed E-state index contributed by atoms with van der Waals surface area (Å²) >= 11 is 0. The third-order valence-corrected chi connectivity index (χ3v) is 5.83. The summed E-state index contributed by atoms with van der Waals surface area (Å²) in [7, 11) is 0. The highest BCUT2D eigenvalue weighted by Crippen LogP contribution is 2.39. The first kappa shape index (κ1) is 18.9. The van der Waals surface area contributed by atoms with Crippen molar-refractivity contribution in [1.29, 1.82) is 0 Å². The van der Waals surface area contributed by atoms with Crippen LogP contribution in [-0.4, -0.2) is 54.6 Å². The van der Waals surface area contributed by atoms with E-state index in [1.54, 1.807) is 0 Å². The van der Waals surface area contributed by atoms with E-state index in [1.165, 1.54) is 64.7 Å². The van der Waals surface area contributed by atoms with Gasteiger partial charge in [-0.3, -0.25) is 4.90 Å². The molecule has 0 aromatic heterocycles. The molecule has 21 heavy (non-hydrogen) atoms. The van der Waals surface area contributed by atoms with Crippen LogP contribution < -0.4 is 5.73 Å². The predicted molar refractivity (Wildman–Crippen MR) is 93.7 cm³/mol. The van der Waals surface area contributed by atoms with Crippen LogP contribution in [0, 0.1) is 5.92 Å². The number of rotatable bonds is 10. The maximum absolute atomic E-state index is 6.31. The van der Waals surface area contributed by atoms with Crippen LogP contribution >= 0.6 is 0 Å². The van der Waals surface area contributed by atoms with E-state index in [0.717, 1.165) is 19.0 Å². The van der Waals surface area contributed by atoms with Crippen molar-refractivity contribution >= 4 is 0 Å². The third kappa shape index (κ3) is 4.67. The number of hydrogen-bond acceptors (Lipinski definition) is 3. The van der Waals surface area contributed by atoms with Gasteiger partial charge >= 0.3 is 0 Å². The smallest absolute Gasteiger partial charge is 0.0359 e. The molecule has 0 aromatic rings. The van der Waals surface area contributed by atoms with Gasteiger partial charge in [-0.1, -0.05) is 47.0 Å². The number of hydrogen-bond donors (Lipinski definition) is 1. The Morgan fingerprint density at radius 3 is 2.24 bits per heavy atom. The van der Waals surface area contributed by atoms with Gasteiger partial charge in [0, 0.05) is 12.1 Å². The number of nitrogens with two attached hydrogens (primary N) is 1. The van der Waals surface area contributed by atoms with Crippen molar-refractivity contribution in [2.45, 2.75) is 71.8 Å². The molecule has 1 rings (SSSR count). The molecule has 0 radical (unpaired) electrons. The summed E-state index contributed by atoms with van der Waals surface area (Å²) < 4.78 is 0. The van der Waals surface area contributed by atoms with Gasteiger partial charge in [-0.05, 0) is 57.9 Å². The van der Waals surface area contributed by atoms with E-state index >= 15 is 0 Å². The standard InChI is InChI=1S/C18H39N3/c1-5-17-12-9-10-13-18(17,16-19)21(8-4)15-11-14-20(6-2)7-3/h17H,5-16,19H2,1-4H3. The van der Waals surface area contributed by atoms with Gasteiger partial charge in [0.15, 0.2) is 0 Å². The van der Waals surface area contributed by atoms with Crippen LogP contribution in [0.4, 0.5) is 0 Å². The van der Waals surface area contributed by atoms with E-state index in [4.69, 9.17) is 5.73 Å². The van der Waals surface area contributed by atoms with Crippen molar-refractivity contribution in [3.63, 3.8) is 0 Å². The maximum Gasteiger partial charge on any atom is 0.0359 e. The SMILES string of the molecule is CCC1CCCCC1(CN)N(CC)CCCN(CC)CC. The van der Waals surface area contributed by atoms with E-state index in [2.05, 4.69) is 37.5 Å². The zero-order chi connectivity index (χ0) is 15.7. The van der Waals surface area contributed by atoms with Crippen LogP contribution in [0.5, 0.6) is 0 Å². The molecule has 0 spiro atoms. The molecular formula is C18H39N3. The molecule has 1 fully saturated rings. The van der Waals surface area contributed by atoms with Crippen molar-refractivity contribution in [3.05, 3.63) is 0 Å². The predicted octanol–water partition coefficient (Wildman–Crippen LogP) is 3.34. The Labute approximate surface area is 133 Å². The normalized spacial score (nSPS) is 26.7.